The van der Waals surface area contributed by atoms with Crippen LogP contribution < -0.4 is 5.73 Å². The number of nitrogens with two attached hydrogens (primary N) is 1. The second-order valence-electron chi connectivity index (χ2n) is 4.79. The number of ether oxygens (including phenoxy) is 1. The summed E-state index contributed by atoms with van der Waals surface area (Å²) in [4.78, 5) is 2.50. The predicted octanol–water partition coefficient (Wildman–Crippen LogP) is 1.47. The Balaban J connectivity index is 2.40. The first kappa shape index (κ1) is 12.9. The first-order chi connectivity index (χ1) is 7.20. The highest BCUT2D eigenvalue weighted by atomic mass is 16.5. The maximum atomic E-state index is 5.81. The predicted molar refractivity (Wildman–Crippen MR) is 63.9 cm³/mol. The summed E-state index contributed by atoms with van der Waals surface area (Å²) in [5, 5.41) is 0. The van der Waals surface area contributed by atoms with Gasteiger partial charge in [0.05, 0.1) is 0 Å². The standard InChI is InChI=1S/C12H26N2O/c1-10(7-8-15-3)14(2)12-6-4-5-11(12)9-13/h10-12H,4-9,13H2,1-3H3. The minimum Gasteiger partial charge on any atom is -0.385 e. The van der Waals surface area contributed by atoms with Crippen molar-refractivity contribution in [1.82, 2.24) is 4.90 Å². The van der Waals surface area contributed by atoms with Crippen molar-refractivity contribution >= 4 is 0 Å². The molecule has 1 rings (SSSR count). The molecule has 15 heavy (non-hydrogen) atoms. The normalized spacial score (nSPS) is 28.6. The van der Waals surface area contributed by atoms with Gasteiger partial charge >= 0.3 is 0 Å². The summed E-state index contributed by atoms with van der Waals surface area (Å²) in [6, 6.07) is 1.30. The van der Waals surface area contributed by atoms with Crippen LogP contribution in [-0.4, -0.2) is 44.3 Å². The number of hydrogen-bond acceptors (Lipinski definition) is 3. The molecule has 3 atom stereocenters. The van der Waals surface area contributed by atoms with E-state index >= 15 is 0 Å². The molecule has 0 aromatic heterocycles. The monoisotopic (exact) mass is 214 g/mol. The summed E-state index contributed by atoms with van der Waals surface area (Å²) in [6.45, 7) is 3.97. The van der Waals surface area contributed by atoms with Crippen LogP contribution >= 0.6 is 0 Å². The van der Waals surface area contributed by atoms with E-state index in [1.807, 2.05) is 0 Å². The fourth-order valence-electron chi connectivity index (χ4n) is 2.65. The zero-order valence-corrected chi connectivity index (χ0v) is 10.4. The highest BCUT2D eigenvalue weighted by Crippen LogP contribution is 2.29. The Bertz CT molecular complexity index is 175. The minimum absolute atomic E-state index is 0.599. The first-order valence-electron chi connectivity index (χ1n) is 6.11. The van der Waals surface area contributed by atoms with E-state index in [-0.39, 0.29) is 0 Å². The fourth-order valence-corrected chi connectivity index (χ4v) is 2.65. The molecule has 0 aromatic carbocycles. The average Bonchev–Trinajstić information content (AvgIpc) is 2.72. The molecular formula is C12H26N2O. The quantitative estimate of drug-likeness (QED) is 0.727. The number of nitrogens with zero attached hydrogens (tertiary/aromatic N) is 1. The lowest BCUT2D eigenvalue weighted by Crippen LogP contribution is -2.43. The van der Waals surface area contributed by atoms with Gasteiger partial charge in [-0.2, -0.15) is 0 Å². The summed E-state index contributed by atoms with van der Waals surface area (Å²) in [6.07, 6.45) is 5.08. The van der Waals surface area contributed by atoms with Crippen LogP contribution in [0.4, 0.5) is 0 Å². The third kappa shape index (κ3) is 3.44. The third-order valence-corrected chi connectivity index (χ3v) is 3.88. The molecule has 1 aliphatic carbocycles. The molecule has 3 nitrogen and oxygen atoms in total. The van der Waals surface area contributed by atoms with Crippen molar-refractivity contribution < 1.29 is 4.74 Å². The largest absolute Gasteiger partial charge is 0.385 e. The summed E-state index contributed by atoms with van der Waals surface area (Å²) in [5.74, 6) is 0.708. The Kier molecular flexibility index (Phi) is 5.58. The van der Waals surface area contributed by atoms with Crippen molar-refractivity contribution in [3.63, 3.8) is 0 Å². The van der Waals surface area contributed by atoms with Gasteiger partial charge in [-0.05, 0) is 45.7 Å². The SMILES string of the molecule is COCCC(C)N(C)C1CCCC1CN. The maximum Gasteiger partial charge on any atom is 0.0477 e. The maximum absolute atomic E-state index is 5.81. The van der Waals surface area contributed by atoms with Crippen LogP contribution in [0, 0.1) is 5.92 Å². The van der Waals surface area contributed by atoms with E-state index in [1.165, 1.54) is 19.3 Å². The van der Waals surface area contributed by atoms with Crippen molar-refractivity contribution in [2.75, 3.05) is 27.3 Å². The Morgan fingerprint density at radius 2 is 2.20 bits per heavy atom. The summed E-state index contributed by atoms with van der Waals surface area (Å²) in [7, 11) is 4.00. The second kappa shape index (κ2) is 6.46. The Morgan fingerprint density at radius 1 is 1.47 bits per heavy atom. The van der Waals surface area contributed by atoms with Gasteiger partial charge in [-0.1, -0.05) is 6.42 Å². The van der Waals surface area contributed by atoms with Crippen LogP contribution in [0.25, 0.3) is 0 Å². The lowest BCUT2D eigenvalue weighted by atomic mass is 10.0. The van der Waals surface area contributed by atoms with E-state index in [1.54, 1.807) is 7.11 Å². The van der Waals surface area contributed by atoms with E-state index in [2.05, 4.69) is 18.9 Å². The van der Waals surface area contributed by atoms with Gasteiger partial charge in [0.2, 0.25) is 0 Å². The number of hydrogen-bond donors (Lipinski definition) is 1. The van der Waals surface area contributed by atoms with Gasteiger partial charge in [0.15, 0.2) is 0 Å². The summed E-state index contributed by atoms with van der Waals surface area (Å²) < 4.78 is 5.13. The number of methoxy groups -OCH3 is 1. The number of rotatable bonds is 6. The van der Waals surface area contributed by atoms with E-state index < -0.39 is 0 Å². The molecule has 2 N–H and O–H groups in total. The van der Waals surface area contributed by atoms with Crippen molar-refractivity contribution in [2.24, 2.45) is 11.7 Å². The molecule has 0 heterocycles. The summed E-state index contributed by atoms with van der Waals surface area (Å²) >= 11 is 0. The molecule has 3 unspecified atom stereocenters. The zero-order chi connectivity index (χ0) is 11.3. The fraction of sp³-hybridized carbons (Fsp3) is 1.00. The molecule has 0 saturated heterocycles. The van der Waals surface area contributed by atoms with Gasteiger partial charge in [0, 0.05) is 25.8 Å². The molecule has 90 valence electrons. The second-order valence-corrected chi connectivity index (χ2v) is 4.79. The molecule has 0 spiro atoms. The van der Waals surface area contributed by atoms with E-state index in [4.69, 9.17) is 10.5 Å². The average molecular weight is 214 g/mol. The molecular weight excluding hydrogens is 188 g/mol. The first-order valence-corrected chi connectivity index (χ1v) is 6.11. The van der Waals surface area contributed by atoms with Crippen LogP contribution in [0.1, 0.15) is 32.6 Å². The van der Waals surface area contributed by atoms with Crippen LogP contribution in [0.5, 0.6) is 0 Å². The van der Waals surface area contributed by atoms with Crippen LogP contribution in [-0.2, 0) is 4.74 Å². The third-order valence-electron chi connectivity index (χ3n) is 3.88. The highest BCUT2D eigenvalue weighted by Gasteiger charge is 2.30. The molecule has 0 radical (unpaired) electrons. The zero-order valence-electron chi connectivity index (χ0n) is 10.4. The van der Waals surface area contributed by atoms with E-state index in [0.29, 0.717) is 18.0 Å². The molecule has 0 aromatic rings. The molecule has 0 bridgehead atoms. The Morgan fingerprint density at radius 3 is 2.80 bits per heavy atom. The van der Waals surface area contributed by atoms with Gasteiger partial charge in [0.25, 0.3) is 0 Å². The van der Waals surface area contributed by atoms with E-state index in [9.17, 15) is 0 Å². The van der Waals surface area contributed by atoms with Crippen molar-refractivity contribution in [3.8, 4) is 0 Å². The van der Waals surface area contributed by atoms with E-state index in [0.717, 1.165) is 19.6 Å². The lowest BCUT2D eigenvalue weighted by Gasteiger charge is -2.34. The Labute approximate surface area is 94.0 Å². The van der Waals surface area contributed by atoms with Crippen LogP contribution in [0.15, 0.2) is 0 Å². The highest BCUT2D eigenvalue weighted by molar-refractivity contribution is 4.86. The Hall–Kier alpha value is -0.120. The molecule has 1 saturated carbocycles. The van der Waals surface area contributed by atoms with Gasteiger partial charge in [-0.3, -0.25) is 0 Å². The molecule has 0 amide bonds. The minimum atomic E-state index is 0.599. The van der Waals surface area contributed by atoms with Crippen LogP contribution in [0.2, 0.25) is 0 Å². The molecule has 0 aliphatic heterocycles. The molecule has 1 fully saturated rings. The van der Waals surface area contributed by atoms with Gasteiger partial charge in [-0.25, -0.2) is 0 Å². The van der Waals surface area contributed by atoms with Gasteiger partial charge in [-0.15, -0.1) is 0 Å². The van der Waals surface area contributed by atoms with Crippen molar-refractivity contribution in [2.45, 2.75) is 44.7 Å². The molecule has 1 aliphatic rings. The van der Waals surface area contributed by atoms with Gasteiger partial charge in [0.1, 0.15) is 0 Å². The lowest BCUT2D eigenvalue weighted by molar-refractivity contribution is 0.112. The topological polar surface area (TPSA) is 38.5 Å². The van der Waals surface area contributed by atoms with Crippen molar-refractivity contribution in [1.29, 1.82) is 0 Å². The van der Waals surface area contributed by atoms with Crippen molar-refractivity contribution in [3.05, 3.63) is 0 Å². The molecule has 3 heteroatoms. The summed E-state index contributed by atoms with van der Waals surface area (Å²) in [5.41, 5.74) is 5.81. The smallest absolute Gasteiger partial charge is 0.0477 e. The van der Waals surface area contributed by atoms with Gasteiger partial charge < -0.3 is 15.4 Å². The van der Waals surface area contributed by atoms with Crippen LogP contribution in [0.3, 0.4) is 0 Å².